The van der Waals surface area contributed by atoms with Gasteiger partial charge >= 0.3 is 0 Å². The van der Waals surface area contributed by atoms with Crippen LogP contribution in [0.3, 0.4) is 0 Å². The Kier molecular flexibility index (Phi) is 4.49. The SMILES string of the molecule is C=C/C=C\C=C(/C)c1nc(-c2cccc3oc4ccccc4c23)nc2ccccc12. The Bertz CT molecular complexity index is 1470. The fourth-order valence-electron chi connectivity index (χ4n) is 3.82. The number of benzene rings is 3. The number of nitrogens with zero attached hydrogens (tertiary/aromatic N) is 2. The van der Waals surface area contributed by atoms with E-state index in [1.807, 2.05) is 66.8 Å². The van der Waals surface area contributed by atoms with Crippen molar-refractivity contribution in [2.75, 3.05) is 0 Å². The Morgan fingerprint density at radius 3 is 2.47 bits per heavy atom. The van der Waals surface area contributed by atoms with Gasteiger partial charge in [-0.05, 0) is 30.7 Å². The first kappa shape index (κ1) is 18.1. The highest BCUT2D eigenvalue weighted by Crippen LogP contribution is 2.36. The lowest BCUT2D eigenvalue weighted by molar-refractivity contribution is 0.669. The van der Waals surface area contributed by atoms with E-state index in [1.54, 1.807) is 6.08 Å². The molecule has 5 rings (SSSR count). The third kappa shape index (κ3) is 3.01. The van der Waals surface area contributed by atoms with Crippen molar-refractivity contribution < 1.29 is 4.42 Å². The van der Waals surface area contributed by atoms with E-state index in [-0.39, 0.29) is 0 Å². The van der Waals surface area contributed by atoms with Gasteiger partial charge in [0.15, 0.2) is 5.82 Å². The fourth-order valence-corrected chi connectivity index (χ4v) is 3.82. The quantitative estimate of drug-likeness (QED) is 0.302. The van der Waals surface area contributed by atoms with Crippen molar-refractivity contribution in [3.8, 4) is 11.4 Å². The highest BCUT2D eigenvalue weighted by molar-refractivity contribution is 6.12. The number of rotatable bonds is 4. The van der Waals surface area contributed by atoms with Crippen LogP contribution in [0.1, 0.15) is 12.6 Å². The van der Waals surface area contributed by atoms with Crippen molar-refractivity contribution in [1.29, 1.82) is 0 Å². The van der Waals surface area contributed by atoms with Crippen LogP contribution in [0.15, 0.2) is 102 Å². The van der Waals surface area contributed by atoms with E-state index in [0.717, 1.165) is 49.7 Å². The summed E-state index contributed by atoms with van der Waals surface area (Å²) in [5.41, 5.74) is 5.59. The minimum Gasteiger partial charge on any atom is -0.456 e. The Hall–Kier alpha value is -3.98. The molecule has 0 saturated heterocycles. The number of para-hydroxylation sites is 2. The van der Waals surface area contributed by atoms with E-state index < -0.39 is 0 Å². The van der Waals surface area contributed by atoms with Crippen molar-refractivity contribution >= 4 is 38.4 Å². The second-order valence-electron chi connectivity index (χ2n) is 7.16. The maximum atomic E-state index is 6.06. The maximum Gasteiger partial charge on any atom is 0.161 e. The standard InChI is InChI=1S/C27H20N2O/c1-3-4-5-11-18(2)26-19-12-6-8-15-22(19)28-27(29-26)21-14-10-17-24-25(21)20-13-7-9-16-23(20)30-24/h3-17H,1H2,2H3/b5-4-,18-11+. The second kappa shape index (κ2) is 7.45. The molecule has 2 heterocycles. The molecule has 3 nitrogen and oxygen atoms in total. The first-order valence-electron chi connectivity index (χ1n) is 9.90. The Morgan fingerprint density at radius 1 is 0.833 bits per heavy atom. The first-order valence-corrected chi connectivity index (χ1v) is 9.90. The van der Waals surface area contributed by atoms with E-state index in [9.17, 15) is 0 Å². The van der Waals surface area contributed by atoms with Gasteiger partial charge < -0.3 is 4.42 Å². The average molecular weight is 388 g/mol. The molecule has 0 atom stereocenters. The summed E-state index contributed by atoms with van der Waals surface area (Å²) in [6.07, 6.45) is 7.70. The van der Waals surface area contributed by atoms with Gasteiger partial charge in [0.05, 0.1) is 11.2 Å². The topological polar surface area (TPSA) is 38.9 Å². The summed E-state index contributed by atoms with van der Waals surface area (Å²) in [4.78, 5) is 9.91. The van der Waals surface area contributed by atoms with Crippen molar-refractivity contribution in [3.05, 3.63) is 103 Å². The second-order valence-corrected chi connectivity index (χ2v) is 7.16. The number of aromatic nitrogens is 2. The van der Waals surface area contributed by atoms with Crippen molar-refractivity contribution in [3.63, 3.8) is 0 Å². The molecule has 0 bridgehead atoms. The molecule has 5 aromatic rings. The molecule has 144 valence electrons. The van der Waals surface area contributed by atoms with Gasteiger partial charge in [-0.2, -0.15) is 0 Å². The van der Waals surface area contributed by atoms with Crippen molar-refractivity contribution in [2.24, 2.45) is 0 Å². The van der Waals surface area contributed by atoms with E-state index in [1.165, 1.54) is 0 Å². The van der Waals surface area contributed by atoms with Crippen LogP contribution >= 0.6 is 0 Å². The van der Waals surface area contributed by atoms with Crippen LogP contribution in [-0.4, -0.2) is 9.97 Å². The Balaban J connectivity index is 1.81. The molecule has 0 radical (unpaired) electrons. The molecule has 0 aliphatic carbocycles. The molecular formula is C27H20N2O. The van der Waals surface area contributed by atoms with Gasteiger partial charge in [-0.15, -0.1) is 0 Å². The zero-order valence-electron chi connectivity index (χ0n) is 16.7. The van der Waals surface area contributed by atoms with E-state index in [4.69, 9.17) is 14.4 Å². The van der Waals surface area contributed by atoms with Gasteiger partial charge in [-0.25, -0.2) is 9.97 Å². The molecular weight excluding hydrogens is 368 g/mol. The van der Waals surface area contributed by atoms with E-state index >= 15 is 0 Å². The lowest BCUT2D eigenvalue weighted by Gasteiger charge is -2.10. The highest BCUT2D eigenvalue weighted by Gasteiger charge is 2.16. The van der Waals surface area contributed by atoms with Gasteiger partial charge in [-0.1, -0.05) is 79.4 Å². The fraction of sp³-hybridized carbons (Fsp3) is 0.0370. The average Bonchev–Trinajstić information content (AvgIpc) is 3.17. The zero-order valence-corrected chi connectivity index (χ0v) is 16.7. The minimum absolute atomic E-state index is 0.696. The van der Waals surface area contributed by atoms with Crippen LogP contribution in [0, 0.1) is 0 Å². The monoisotopic (exact) mass is 388 g/mol. The molecule has 3 heteroatoms. The van der Waals surface area contributed by atoms with Gasteiger partial charge in [-0.3, -0.25) is 0 Å². The van der Waals surface area contributed by atoms with Crippen molar-refractivity contribution in [2.45, 2.75) is 6.92 Å². The zero-order chi connectivity index (χ0) is 20.5. The van der Waals surface area contributed by atoms with Gasteiger partial charge in [0.1, 0.15) is 11.2 Å². The van der Waals surface area contributed by atoms with Crippen LogP contribution in [0.5, 0.6) is 0 Å². The number of allylic oxidation sites excluding steroid dienone is 5. The summed E-state index contributed by atoms with van der Waals surface area (Å²) < 4.78 is 6.06. The third-order valence-corrected chi connectivity index (χ3v) is 5.21. The van der Waals surface area contributed by atoms with E-state index in [0.29, 0.717) is 5.82 Å². The summed E-state index contributed by atoms with van der Waals surface area (Å²) in [5, 5.41) is 3.15. The minimum atomic E-state index is 0.696. The summed E-state index contributed by atoms with van der Waals surface area (Å²) in [7, 11) is 0. The summed E-state index contributed by atoms with van der Waals surface area (Å²) in [6.45, 7) is 5.80. The molecule has 0 aliphatic rings. The Labute approximate surface area is 174 Å². The summed E-state index contributed by atoms with van der Waals surface area (Å²) in [5.74, 6) is 0.696. The third-order valence-electron chi connectivity index (χ3n) is 5.21. The van der Waals surface area contributed by atoms with Gasteiger partial charge in [0.2, 0.25) is 0 Å². The largest absolute Gasteiger partial charge is 0.456 e. The molecule has 0 unspecified atom stereocenters. The number of hydrogen-bond donors (Lipinski definition) is 0. The van der Waals surface area contributed by atoms with Crippen LogP contribution in [0.25, 0.3) is 49.8 Å². The molecule has 0 fully saturated rings. The van der Waals surface area contributed by atoms with Crippen LogP contribution in [0.2, 0.25) is 0 Å². The molecule has 0 spiro atoms. The predicted molar refractivity (Wildman–Crippen MR) is 125 cm³/mol. The van der Waals surface area contributed by atoms with Crippen molar-refractivity contribution in [1.82, 2.24) is 9.97 Å². The van der Waals surface area contributed by atoms with Gasteiger partial charge in [0.25, 0.3) is 0 Å². The number of hydrogen-bond acceptors (Lipinski definition) is 3. The maximum absolute atomic E-state index is 6.06. The predicted octanol–water partition coefficient (Wildman–Crippen LogP) is 7.34. The number of furan rings is 1. The number of fused-ring (bicyclic) bond motifs is 4. The smallest absolute Gasteiger partial charge is 0.161 e. The summed E-state index contributed by atoms with van der Waals surface area (Å²) >= 11 is 0. The van der Waals surface area contributed by atoms with Crippen LogP contribution < -0.4 is 0 Å². The molecule has 0 N–H and O–H groups in total. The Morgan fingerprint density at radius 2 is 1.60 bits per heavy atom. The molecule has 2 aromatic heterocycles. The molecule has 30 heavy (non-hydrogen) atoms. The molecule has 0 amide bonds. The molecule has 0 saturated carbocycles. The van der Waals surface area contributed by atoms with Crippen LogP contribution in [-0.2, 0) is 0 Å². The molecule has 3 aromatic carbocycles. The van der Waals surface area contributed by atoms with Gasteiger partial charge in [0, 0.05) is 21.7 Å². The lowest BCUT2D eigenvalue weighted by Crippen LogP contribution is -1.97. The lowest BCUT2D eigenvalue weighted by atomic mass is 10.0. The first-order chi connectivity index (χ1) is 14.8. The molecule has 0 aliphatic heterocycles. The van der Waals surface area contributed by atoms with Crippen LogP contribution in [0.4, 0.5) is 0 Å². The van der Waals surface area contributed by atoms with E-state index in [2.05, 4.69) is 31.7 Å². The highest BCUT2D eigenvalue weighted by atomic mass is 16.3. The summed E-state index contributed by atoms with van der Waals surface area (Å²) in [6, 6.07) is 22.3. The normalized spacial score (nSPS) is 12.4.